The van der Waals surface area contributed by atoms with Gasteiger partial charge < -0.3 is 5.32 Å². The van der Waals surface area contributed by atoms with E-state index in [1.165, 1.54) is 35.9 Å². The topological polar surface area (TPSA) is 81.8 Å². The van der Waals surface area contributed by atoms with Gasteiger partial charge >= 0.3 is 0 Å². The van der Waals surface area contributed by atoms with Crippen LogP contribution in [0.1, 0.15) is 37.3 Å². The number of nitrogens with zero attached hydrogens (tertiary/aromatic N) is 4. The van der Waals surface area contributed by atoms with Crippen LogP contribution in [0.5, 0.6) is 0 Å². The molecule has 3 aromatic carbocycles. The molecule has 1 aliphatic carbocycles. The summed E-state index contributed by atoms with van der Waals surface area (Å²) < 4.78 is 3.42. The Hall–Kier alpha value is -4.47. The number of rotatable bonds is 8. The van der Waals surface area contributed by atoms with Crippen molar-refractivity contribution in [3.63, 3.8) is 0 Å². The molecular weight excluding hydrogens is 575 g/mol. The molecule has 3 aromatic heterocycles. The fourth-order valence-electron chi connectivity index (χ4n) is 5.59. The van der Waals surface area contributed by atoms with E-state index in [0.29, 0.717) is 32.8 Å². The van der Waals surface area contributed by atoms with Crippen molar-refractivity contribution < 1.29 is 4.79 Å². The number of para-hydroxylation sites is 2. The third kappa shape index (κ3) is 5.66. The van der Waals surface area contributed by atoms with Crippen LogP contribution in [0.15, 0.2) is 113 Å². The lowest BCUT2D eigenvalue weighted by atomic mass is 10.0. The molecule has 0 atom stereocenters. The van der Waals surface area contributed by atoms with Crippen LogP contribution in [0.4, 0.5) is 5.82 Å². The molecule has 1 fully saturated rings. The molecule has 1 aliphatic rings. The number of nitrogens with one attached hydrogen (secondary N) is 1. The van der Waals surface area contributed by atoms with Crippen LogP contribution in [-0.4, -0.2) is 31.0 Å². The van der Waals surface area contributed by atoms with Gasteiger partial charge in [0.1, 0.15) is 10.6 Å². The van der Waals surface area contributed by atoms with Crippen molar-refractivity contribution in [1.82, 2.24) is 19.3 Å². The number of benzene rings is 3. The van der Waals surface area contributed by atoms with Crippen LogP contribution in [0.25, 0.3) is 32.0 Å². The Labute approximate surface area is 257 Å². The van der Waals surface area contributed by atoms with Crippen LogP contribution in [0.2, 0.25) is 0 Å². The summed E-state index contributed by atoms with van der Waals surface area (Å²) >= 11 is 2.74. The summed E-state index contributed by atoms with van der Waals surface area (Å²) in [5.41, 5.74) is 3.51. The molecule has 0 saturated heterocycles. The normalized spacial score (nSPS) is 13.5. The zero-order chi connectivity index (χ0) is 29.2. The molecule has 6 aromatic rings. The van der Waals surface area contributed by atoms with E-state index in [0.717, 1.165) is 34.7 Å². The van der Waals surface area contributed by atoms with Gasteiger partial charge in [-0.15, -0.1) is 11.3 Å². The molecule has 0 spiro atoms. The Balaban J connectivity index is 1.19. The standard InChI is InChI=1S/C34H29N5O2S2/c40-31(35-30-21-28(23-12-10-11-13-23)37-39(30)26-18-8-3-9-19-26)22-42-34-36-32-27(20-29(43-32)24-14-4-1-5-15-24)33(41)38(34)25-16-6-2-7-17-25/h1-9,14-21,23H,10-13,22H2,(H,35,40). The van der Waals surface area contributed by atoms with E-state index in [1.807, 2.05) is 108 Å². The number of hydrogen-bond donors (Lipinski definition) is 1. The van der Waals surface area contributed by atoms with E-state index in [2.05, 4.69) is 5.32 Å². The van der Waals surface area contributed by atoms with E-state index in [9.17, 15) is 9.59 Å². The number of thiophene rings is 1. The second-order valence-electron chi connectivity index (χ2n) is 10.6. The van der Waals surface area contributed by atoms with Crippen molar-refractivity contribution >= 4 is 45.0 Å². The number of thioether (sulfide) groups is 1. The van der Waals surface area contributed by atoms with Crippen molar-refractivity contribution in [1.29, 1.82) is 0 Å². The van der Waals surface area contributed by atoms with Crippen LogP contribution in [-0.2, 0) is 4.79 Å². The van der Waals surface area contributed by atoms with E-state index in [1.54, 1.807) is 4.57 Å². The average molecular weight is 604 g/mol. The number of hydrogen-bond acceptors (Lipinski definition) is 6. The zero-order valence-electron chi connectivity index (χ0n) is 23.3. The van der Waals surface area contributed by atoms with E-state index in [4.69, 9.17) is 10.1 Å². The summed E-state index contributed by atoms with van der Waals surface area (Å²) in [6, 6.07) is 33.2. The van der Waals surface area contributed by atoms with Gasteiger partial charge in [-0.05, 0) is 48.7 Å². The number of carbonyl (C=O) groups is 1. The monoisotopic (exact) mass is 603 g/mol. The highest BCUT2D eigenvalue weighted by Gasteiger charge is 2.23. The predicted octanol–water partition coefficient (Wildman–Crippen LogP) is 7.69. The number of anilines is 1. The lowest BCUT2D eigenvalue weighted by Crippen LogP contribution is -2.22. The molecular formula is C34H29N5O2S2. The first-order chi connectivity index (χ1) is 21.1. The predicted molar refractivity (Wildman–Crippen MR) is 175 cm³/mol. The van der Waals surface area contributed by atoms with Gasteiger partial charge in [-0.2, -0.15) is 5.10 Å². The molecule has 7 rings (SSSR count). The summed E-state index contributed by atoms with van der Waals surface area (Å²) in [6.07, 6.45) is 4.65. The van der Waals surface area contributed by atoms with Crippen LogP contribution >= 0.6 is 23.1 Å². The molecule has 0 radical (unpaired) electrons. The highest BCUT2D eigenvalue weighted by atomic mass is 32.2. The maximum Gasteiger partial charge on any atom is 0.267 e. The first-order valence-corrected chi connectivity index (χ1v) is 16.2. The van der Waals surface area contributed by atoms with Crippen molar-refractivity contribution in [2.75, 3.05) is 11.1 Å². The van der Waals surface area contributed by atoms with Gasteiger partial charge in [0.2, 0.25) is 5.91 Å². The Bertz CT molecular complexity index is 1940. The van der Waals surface area contributed by atoms with E-state index >= 15 is 0 Å². The Morgan fingerprint density at radius 1 is 0.884 bits per heavy atom. The van der Waals surface area contributed by atoms with Crippen molar-refractivity contribution in [2.45, 2.75) is 36.8 Å². The van der Waals surface area contributed by atoms with Crippen molar-refractivity contribution in [3.05, 3.63) is 119 Å². The minimum Gasteiger partial charge on any atom is -0.310 e. The fraction of sp³-hybridized carbons (Fsp3) is 0.176. The summed E-state index contributed by atoms with van der Waals surface area (Å²) in [4.78, 5) is 33.8. The molecule has 9 heteroatoms. The second kappa shape index (κ2) is 12.0. The fourth-order valence-corrected chi connectivity index (χ4v) is 7.48. The summed E-state index contributed by atoms with van der Waals surface area (Å²) in [5, 5.41) is 9.03. The summed E-state index contributed by atoms with van der Waals surface area (Å²) in [6.45, 7) is 0. The molecule has 214 valence electrons. The number of amides is 1. The minimum atomic E-state index is -0.190. The number of fused-ring (bicyclic) bond motifs is 1. The third-order valence-corrected chi connectivity index (χ3v) is 9.73. The van der Waals surface area contributed by atoms with Crippen LogP contribution in [0.3, 0.4) is 0 Å². The van der Waals surface area contributed by atoms with Crippen molar-refractivity contribution in [3.8, 4) is 21.8 Å². The molecule has 43 heavy (non-hydrogen) atoms. The third-order valence-electron chi connectivity index (χ3n) is 7.71. The molecule has 0 bridgehead atoms. The van der Waals surface area contributed by atoms with E-state index < -0.39 is 0 Å². The zero-order valence-corrected chi connectivity index (χ0v) is 25.0. The van der Waals surface area contributed by atoms with Crippen molar-refractivity contribution in [2.24, 2.45) is 0 Å². The molecule has 0 unspecified atom stereocenters. The maximum absolute atomic E-state index is 13.9. The highest BCUT2D eigenvalue weighted by Crippen LogP contribution is 2.36. The molecule has 3 heterocycles. The number of carbonyl (C=O) groups excluding carboxylic acids is 1. The number of aromatic nitrogens is 4. The summed E-state index contributed by atoms with van der Waals surface area (Å²) in [5.74, 6) is 0.955. The Morgan fingerprint density at radius 2 is 1.53 bits per heavy atom. The first kappa shape index (κ1) is 27.4. The maximum atomic E-state index is 13.9. The van der Waals surface area contributed by atoms with Crippen LogP contribution in [0, 0.1) is 0 Å². The lowest BCUT2D eigenvalue weighted by molar-refractivity contribution is -0.113. The van der Waals surface area contributed by atoms with E-state index in [-0.39, 0.29) is 17.2 Å². The Kier molecular flexibility index (Phi) is 7.65. The van der Waals surface area contributed by atoms with Gasteiger partial charge in [-0.25, -0.2) is 9.67 Å². The van der Waals surface area contributed by atoms with Gasteiger partial charge in [0, 0.05) is 16.9 Å². The lowest BCUT2D eigenvalue weighted by Gasteiger charge is -2.12. The average Bonchev–Trinajstić information content (AvgIpc) is 3.82. The molecule has 1 N–H and O–H groups in total. The SMILES string of the molecule is O=C(CSc1nc2sc(-c3ccccc3)cc2c(=O)n1-c1ccccc1)Nc1cc(C2CCCC2)nn1-c1ccccc1. The molecule has 1 amide bonds. The van der Waals surface area contributed by atoms with Gasteiger partial charge in [-0.1, -0.05) is 91.3 Å². The van der Waals surface area contributed by atoms with Gasteiger partial charge in [0.25, 0.3) is 5.56 Å². The van der Waals surface area contributed by atoms with Gasteiger partial charge in [0.15, 0.2) is 5.16 Å². The second-order valence-corrected chi connectivity index (χ2v) is 12.6. The minimum absolute atomic E-state index is 0.0838. The van der Waals surface area contributed by atoms with Crippen LogP contribution < -0.4 is 10.9 Å². The quantitative estimate of drug-likeness (QED) is 0.143. The first-order valence-electron chi connectivity index (χ1n) is 14.4. The highest BCUT2D eigenvalue weighted by molar-refractivity contribution is 7.99. The smallest absolute Gasteiger partial charge is 0.267 e. The molecule has 7 nitrogen and oxygen atoms in total. The van der Waals surface area contributed by atoms with Gasteiger partial charge in [-0.3, -0.25) is 14.2 Å². The Morgan fingerprint density at radius 3 is 2.23 bits per heavy atom. The molecule has 1 saturated carbocycles. The van der Waals surface area contributed by atoms with Gasteiger partial charge in [0.05, 0.1) is 28.2 Å². The largest absolute Gasteiger partial charge is 0.310 e. The summed E-state index contributed by atoms with van der Waals surface area (Å²) in [7, 11) is 0. The molecule has 0 aliphatic heterocycles.